The van der Waals surface area contributed by atoms with Gasteiger partial charge >= 0.3 is 0 Å². The number of hydrogen-bond acceptors (Lipinski definition) is 1. The highest BCUT2D eigenvalue weighted by Gasteiger charge is 2.25. The topological polar surface area (TPSA) is 12.0 Å². The first-order chi connectivity index (χ1) is 8.03. The summed E-state index contributed by atoms with van der Waals surface area (Å²) < 4.78 is 0. The Morgan fingerprint density at radius 1 is 1.18 bits per heavy atom. The molecule has 1 heteroatoms. The quantitative estimate of drug-likeness (QED) is 0.639. The van der Waals surface area contributed by atoms with Crippen molar-refractivity contribution in [1.82, 2.24) is 5.32 Å². The van der Waals surface area contributed by atoms with E-state index in [1.165, 1.54) is 58.0 Å². The van der Waals surface area contributed by atoms with Crippen molar-refractivity contribution in [2.45, 2.75) is 72.6 Å². The van der Waals surface area contributed by atoms with Gasteiger partial charge in [0.2, 0.25) is 0 Å². The first-order valence-electron chi connectivity index (χ1n) is 7.73. The van der Waals surface area contributed by atoms with Crippen LogP contribution in [0.25, 0.3) is 0 Å². The monoisotopic (exact) mass is 239 g/mol. The average Bonchev–Trinajstić information content (AvgIpc) is 2.75. The summed E-state index contributed by atoms with van der Waals surface area (Å²) in [5.74, 6) is 1.95. The molecular formula is C16H33N. The minimum atomic E-state index is 0.502. The third kappa shape index (κ3) is 6.45. The molecule has 0 saturated heterocycles. The lowest BCUT2D eigenvalue weighted by Gasteiger charge is -2.27. The lowest BCUT2D eigenvalue weighted by Crippen LogP contribution is -2.28. The Balaban J connectivity index is 2.35. The van der Waals surface area contributed by atoms with Crippen LogP contribution < -0.4 is 5.32 Å². The molecule has 1 atom stereocenters. The third-order valence-corrected chi connectivity index (χ3v) is 4.16. The molecule has 0 aliphatic heterocycles. The van der Waals surface area contributed by atoms with Crippen molar-refractivity contribution in [2.75, 3.05) is 13.1 Å². The molecule has 0 aromatic heterocycles. The Hall–Kier alpha value is -0.0400. The van der Waals surface area contributed by atoms with Crippen molar-refractivity contribution in [3.63, 3.8) is 0 Å². The van der Waals surface area contributed by atoms with E-state index in [4.69, 9.17) is 0 Å². The van der Waals surface area contributed by atoms with E-state index in [9.17, 15) is 0 Å². The summed E-state index contributed by atoms with van der Waals surface area (Å²) in [6.45, 7) is 11.8. The van der Waals surface area contributed by atoms with E-state index in [-0.39, 0.29) is 0 Å². The second-order valence-corrected chi connectivity index (χ2v) is 7.11. The molecule has 1 aliphatic carbocycles. The molecule has 0 bridgehead atoms. The van der Waals surface area contributed by atoms with E-state index in [0.29, 0.717) is 5.41 Å². The minimum Gasteiger partial charge on any atom is -0.316 e. The molecule has 0 heterocycles. The third-order valence-electron chi connectivity index (χ3n) is 4.16. The molecular weight excluding hydrogens is 206 g/mol. The van der Waals surface area contributed by atoms with E-state index in [2.05, 4.69) is 33.0 Å². The van der Waals surface area contributed by atoms with Gasteiger partial charge in [0.1, 0.15) is 0 Å². The van der Waals surface area contributed by atoms with Crippen LogP contribution in [-0.2, 0) is 0 Å². The van der Waals surface area contributed by atoms with E-state index >= 15 is 0 Å². The van der Waals surface area contributed by atoms with E-state index in [0.717, 1.165) is 11.8 Å². The Labute approximate surface area is 109 Å². The molecule has 1 N–H and O–H groups in total. The minimum absolute atomic E-state index is 0.502. The van der Waals surface area contributed by atoms with Gasteiger partial charge in [0.05, 0.1) is 0 Å². The van der Waals surface area contributed by atoms with Crippen LogP contribution in [0.1, 0.15) is 72.6 Å². The van der Waals surface area contributed by atoms with Gasteiger partial charge in [-0.2, -0.15) is 0 Å². The normalized spacial score (nSPS) is 19.8. The van der Waals surface area contributed by atoms with Crippen LogP contribution in [0.15, 0.2) is 0 Å². The van der Waals surface area contributed by atoms with Crippen LogP contribution in [0.2, 0.25) is 0 Å². The fraction of sp³-hybridized carbons (Fsp3) is 1.00. The second kappa shape index (κ2) is 7.41. The summed E-state index contributed by atoms with van der Waals surface area (Å²) in [6, 6.07) is 0. The van der Waals surface area contributed by atoms with Crippen molar-refractivity contribution >= 4 is 0 Å². The molecule has 0 radical (unpaired) electrons. The first kappa shape index (κ1) is 15.0. The summed E-state index contributed by atoms with van der Waals surface area (Å²) in [5, 5.41) is 3.65. The highest BCUT2D eigenvalue weighted by Crippen LogP contribution is 2.35. The van der Waals surface area contributed by atoms with Crippen LogP contribution in [-0.4, -0.2) is 13.1 Å². The zero-order valence-electron chi connectivity index (χ0n) is 12.5. The molecule has 1 saturated carbocycles. The molecule has 0 aromatic carbocycles. The lowest BCUT2D eigenvalue weighted by atomic mass is 9.81. The molecule has 1 fully saturated rings. The van der Waals surface area contributed by atoms with Crippen LogP contribution in [0, 0.1) is 17.3 Å². The fourth-order valence-electron chi connectivity index (χ4n) is 3.02. The van der Waals surface area contributed by atoms with Gasteiger partial charge < -0.3 is 5.32 Å². The molecule has 0 aromatic rings. The van der Waals surface area contributed by atoms with Crippen LogP contribution in [0.4, 0.5) is 0 Å². The summed E-state index contributed by atoms with van der Waals surface area (Å²) >= 11 is 0. The highest BCUT2D eigenvalue weighted by atomic mass is 14.9. The number of nitrogens with one attached hydrogen (secondary N) is 1. The van der Waals surface area contributed by atoms with E-state index in [1.807, 2.05) is 0 Å². The molecule has 17 heavy (non-hydrogen) atoms. The molecule has 0 spiro atoms. The van der Waals surface area contributed by atoms with Gasteiger partial charge in [0.15, 0.2) is 0 Å². The maximum atomic E-state index is 3.65. The Bertz CT molecular complexity index is 186. The smallest absolute Gasteiger partial charge is 0.00179 e. The van der Waals surface area contributed by atoms with Crippen molar-refractivity contribution in [1.29, 1.82) is 0 Å². The standard InChI is InChI=1S/C16H33N/c1-5-12-17-13-15(10-11-16(2,3)4)14-8-6-7-9-14/h14-15,17H,5-13H2,1-4H3. The zero-order valence-corrected chi connectivity index (χ0v) is 12.5. The maximum Gasteiger partial charge on any atom is -0.00179 e. The SMILES string of the molecule is CCCNCC(CCC(C)(C)C)C1CCCC1. The van der Waals surface area contributed by atoms with Crippen LogP contribution in [0.3, 0.4) is 0 Å². The molecule has 1 nitrogen and oxygen atoms in total. The molecule has 1 unspecified atom stereocenters. The number of hydrogen-bond donors (Lipinski definition) is 1. The van der Waals surface area contributed by atoms with Crippen molar-refractivity contribution in [2.24, 2.45) is 17.3 Å². The van der Waals surface area contributed by atoms with Gasteiger partial charge in [-0.15, -0.1) is 0 Å². The first-order valence-corrected chi connectivity index (χ1v) is 7.73. The van der Waals surface area contributed by atoms with Gasteiger partial charge in [-0.25, -0.2) is 0 Å². The Morgan fingerprint density at radius 2 is 1.82 bits per heavy atom. The van der Waals surface area contributed by atoms with Crippen molar-refractivity contribution < 1.29 is 0 Å². The van der Waals surface area contributed by atoms with Crippen molar-refractivity contribution in [3.8, 4) is 0 Å². The predicted octanol–water partition coefficient (Wildman–Crippen LogP) is 4.62. The summed E-state index contributed by atoms with van der Waals surface area (Å²) in [7, 11) is 0. The lowest BCUT2D eigenvalue weighted by molar-refractivity contribution is 0.252. The van der Waals surface area contributed by atoms with Crippen molar-refractivity contribution in [3.05, 3.63) is 0 Å². The van der Waals surface area contributed by atoms with Crippen LogP contribution >= 0.6 is 0 Å². The largest absolute Gasteiger partial charge is 0.316 e. The summed E-state index contributed by atoms with van der Waals surface area (Å²) in [4.78, 5) is 0. The maximum absolute atomic E-state index is 3.65. The van der Waals surface area contributed by atoms with Gasteiger partial charge in [-0.3, -0.25) is 0 Å². The average molecular weight is 239 g/mol. The Kier molecular flexibility index (Phi) is 6.54. The fourth-order valence-corrected chi connectivity index (χ4v) is 3.02. The number of rotatable bonds is 7. The molecule has 102 valence electrons. The van der Waals surface area contributed by atoms with E-state index < -0.39 is 0 Å². The van der Waals surface area contributed by atoms with Gasteiger partial charge in [-0.05, 0) is 49.6 Å². The van der Waals surface area contributed by atoms with Crippen LogP contribution in [0.5, 0.6) is 0 Å². The zero-order chi connectivity index (χ0) is 12.7. The highest BCUT2D eigenvalue weighted by molar-refractivity contribution is 4.78. The summed E-state index contributed by atoms with van der Waals surface area (Å²) in [6.07, 6.45) is 9.99. The molecule has 1 aliphatic rings. The van der Waals surface area contributed by atoms with Gasteiger partial charge in [-0.1, -0.05) is 53.4 Å². The van der Waals surface area contributed by atoms with Gasteiger partial charge in [0, 0.05) is 0 Å². The predicted molar refractivity (Wildman–Crippen MR) is 77.3 cm³/mol. The molecule has 0 amide bonds. The van der Waals surface area contributed by atoms with Gasteiger partial charge in [0.25, 0.3) is 0 Å². The van der Waals surface area contributed by atoms with E-state index in [1.54, 1.807) is 0 Å². The second-order valence-electron chi connectivity index (χ2n) is 7.11. The summed E-state index contributed by atoms with van der Waals surface area (Å²) in [5.41, 5.74) is 0.502. The molecule has 1 rings (SSSR count). The Morgan fingerprint density at radius 3 is 2.35 bits per heavy atom.